The number of carbonyl (C=O) groups excluding carboxylic acids is 1. The second-order valence-electron chi connectivity index (χ2n) is 2.59. The van der Waals surface area contributed by atoms with Crippen LogP contribution in [0.3, 0.4) is 0 Å². The zero-order valence-corrected chi connectivity index (χ0v) is 5.92. The van der Waals surface area contributed by atoms with Gasteiger partial charge in [-0.2, -0.15) is 0 Å². The molecule has 1 aliphatic rings. The first-order chi connectivity index (χ1) is 4.74. The zero-order chi connectivity index (χ0) is 7.56. The fourth-order valence-corrected chi connectivity index (χ4v) is 1.14. The van der Waals surface area contributed by atoms with Gasteiger partial charge in [-0.25, -0.2) is 0 Å². The van der Waals surface area contributed by atoms with Crippen LogP contribution in [0.2, 0.25) is 0 Å². The Morgan fingerprint density at radius 3 is 2.80 bits per heavy atom. The molecule has 0 unspecified atom stereocenters. The van der Waals surface area contributed by atoms with Gasteiger partial charge in [0, 0.05) is 19.1 Å². The van der Waals surface area contributed by atoms with Crippen LogP contribution in [0.4, 0.5) is 0 Å². The Hall–Kier alpha value is -0.610. The molecule has 0 aromatic heterocycles. The number of carbonyl (C=O) groups is 1. The minimum atomic E-state index is 0.00736. The maximum Gasteiger partial charge on any atom is 0.236 e. The summed E-state index contributed by atoms with van der Waals surface area (Å²) in [5, 5.41) is 0. The predicted molar refractivity (Wildman–Crippen MR) is 38.2 cm³/mol. The SMILES string of the molecule is NCC(=O)N1CC[C@H](N)C1. The van der Waals surface area contributed by atoms with Crippen LogP contribution in [0.15, 0.2) is 0 Å². The van der Waals surface area contributed by atoms with Gasteiger partial charge in [0.1, 0.15) is 0 Å². The normalized spacial score (nSPS) is 25.4. The van der Waals surface area contributed by atoms with Gasteiger partial charge in [-0.15, -0.1) is 0 Å². The van der Waals surface area contributed by atoms with E-state index in [1.54, 1.807) is 4.90 Å². The first kappa shape index (κ1) is 7.50. The van der Waals surface area contributed by atoms with E-state index in [9.17, 15) is 4.79 Å². The summed E-state index contributed by atoms with van der Waals surface area (Å²) in [6.45, 7) is 1.56. The van der Waals surface area contributed by atoms with E-state index in [2.05, 4.69) is 0 Å². The highest BCUT2D eigenvalue weighted by Gasteiger charge is 2.21. The van der Waals surface area contributed by atoms with E-state index in [0.717, 1.165) is 13.0 Å². The minimum absolute atomic E-state index is 0.00736. The van der Waals surface area contributed by atoms with Gasteiger partial charge < -0.3 is 16.4 Å². The van der Waals surface area contributed by atoms with E-state index in [4.69, 9.17) is 11.5 Å². The molecule has 10 heavy (non-hydrogen) atoms. The van der Waals surface area contributed by atoms with Crippen molar-refractivity contribution in [1.29, 1.82) is 0 Å². The quantitative estimate of drug-likeness (QED) is 0.469. The summed E-state index contributed by atoms with van der Waals surface area (Å²) in [4.78, 5) is 12.6. The molecule has 0 aliphatic carbocycles. The van der Waals surface area contributed by atoms with Crippen LogP contribution in [0.1, 0.15) is 6.42 Å². The Balaban J connectivity index is 2.37. The number of rotatable bonds is 1. The predicted octanol–water partition coefficient (Wildman–Crippen LogP) is -1.50. The monoisotopic (exact) mass is 143 g/mol. The van der Waals surface area contributed by atoms with E-state index < -0.39 is 0 Å². The Morgan fingerprint density at radius 1 is 1.70 bits per heavy atom. The minimum Gasteiger partial charge on any atom is -0.340 e. The van der Waals surface area contributed by atoms with Crippen molar-refractivity contribution in [1.82, 2.24) is 4.90 Å². The highest BCUT2D eigenvalue weighted by atomic mass is 16.2. The average Bonchev–Trinajstić information content (AvgIpc) is 2.34. The summed E-state index contributed by atoms with van der Waals surface area (Å²) in [6.07, 6.45) is 0.908. The molecule has 0 aromatic carbocycles. The summed E-state index contributed by atoms with van der Waals surface area (Å²) >= 11 is 0. The van der Waals surface area contributed by atoms with Gasteiger partial charge in [0.15, 0.2) is 0 Å². The second kappa shape index (κ2) is 2.98. The first-order valence-corrected chi connectivity index (χ1v) is 3.47. The van der Waals surface area contributed by atoms with Gasteiger partial charge in [-0.3, -0.25) is 4.79 Å². The van der Waals surface area contributed by atoms with Crippen LogP contribution in [0.5, 0.6) is 0 Å². The van der Waals surface area contributed by atoms with E-state index in [0.29, 0.717) is 6.54 Å². The highest BCUT2D eigenvalue weighted by Crippen LogP contribution is 2.05. The molecule has 4 heteroatoms. The van der Waals surface area contributed by atoms with E-state index in [1.807, 2.05) is 0 Å². The molecule has 0 radical (unpaired) electrons. The van der Waals surface area contributed by atoms with Crippen molar-refractivity contribution >= 4 is 5.91 Å². The maximum atomic E-state index is 10.9. The van der Waals surface area contributed by atoms with Crippen molar-refractivity contribution in [2.45, 2.75) is 12.5 Å². The lowest BCUT2D eigenvalue weighted by atomic mass is 10.3. The van der Waals surface area contributed by atoms with Gasteiger partial charge in [-0.05, 0) is 6.42 Å². The van der Waals surface area contributed by atoms with Crippen molar-refractivity contribution in [3.05, 3.63) is 0 Å². The van der Waals surface area contributed by atoms with Crippen LogP contribution in [-0.4, -0.2) is 36.5 Å². The second-order valence-corrected chi connectivity index (χ2v) is 2.59. The molecule has 0 aromatic rings. The van der Waals surface area contributed by atoms with Crippen LogP contribution in [0.25, 0.3) is 0 Å². The van der Waals surface area contributed by atoms with E-state index >= 15 is 0 Å². The lowest BCUT2D eigenvalue weighted by molar-refractivity contribution is -0.128. The standard InChI is InChI=1S/C6H13N3O/c7-3-6(10)9-2-1-5(8)4-9/h5H,1-4,7-8H2/t5-/m0/s1. The number of amides is 1. The smallest absolute Gasteiger partial charge is 0.236 e. The van der Waals surface area contributed by atoms with Crippen LogP contribution >= 0.6 is 0 Å². The van der Waals surface area contributed by atoms with Crippen LogP contribution in [-0.2, 0) is 4.79 Å². The fraction of sp³-hybridized carbons (Fsp3) is 0.833. The highest BCUT2D eigenvalue weighted by molar-refractivity contribution is 5.78. The third-order valence-electron chi connectivity index (χ3n) is 1.75. The number of nitrogens with two attached hydrogens (primary N) is 2. The largest absolute Gasteiger partial charge is 0.340 e. The molecule has 1 rings (SSSR count). The molecule has 1 heterocycles. The molecule has 4 N–H and O–H groups in total. The molecule has 1 aliphatic heterocycles. The molecule has 1 atom stereocenters. The summed E-state index contributed by atoms with van der Waals surface area (Å²) in [7, 11) is 0. The zero-order valence-electron chi connectivity index (χ0n) is 5.92. The molecule has 1 amide bonds. The van der Waals surface area contributed by atoms with Crippen molar-refractivity contribution in [2.75, 3.05) is 19.6 Å². The maximum absolute atomic E-state index is 10.9. The summed E-state index contributed by atoms with van der Waals surface area (Å²) in [6, 6.07) is 0.162. The molecular formula is C6H13N3O. The fourth-order valence-electron chi connectivity index (χ4n) is 1.14. The number of likely N-dealkylation sites (tertiary alicyclic amines) is 1. The summed E-state index contributed by atoms with van der Waals surface area (Å²) in [5.41, 5.74) is 10.7. The molecule has 58 valence electrons. The van der Waals surface area contributed by atoms with Gasteiger partial charge in [-0.1, -0.05) is 0 Å². The molecule has 1 fully saturated rings. The topological polar surface area (TPSA) is 72.4 Å². The number of hydrogen-bond acceptors (Lipinski definition) is 3. The van der Waals surface area contributed by atoms with E-state index in [-0.39, 0.29) is 18.5 Å². The molecule has 0 spiro atoms. The Labute approximate surface area is 60.2 Å². The number of nitrogens with zero attached hydrogens (tertiary/aromatic N) is 1. The molecule has 0 bridgehead atoms. The lowest BCUT2D eigenvalue weighted by Crippen LogP contribution is -2.36. The Kier molecular flexibility index (Phi) is 2.24. The van der Waals surface area contributed by atoms with E-state index in [1.165, 1.54) is 0 Å². The van der Waals surface area contributed by atoms with Crippen molar-refractivity contribution in [2.24, 2.45) is 11.5 Å². The Bertz CT molecular complexity index is 137. The summed E-state index contributed by atoms with van der Waals surface area (Å²) in [5.74, 6) is 0.00736. The molecule has 1 saturated heterocycles. The van der Waals surface area contributed by atoms with Gasteiger partial charge in [0.05, 0.1) is 6.54 Å². The van der Waals surface area contributed by atoms with Crippen molar-refractivity contribution in [3.63, 3.8) is 0 Å². The van der Waals surface area contributed by atoms with Gasteiger partial charge >= 0.3 is 0 Å². The third-order valence-corrected chi connectivity index (χ3v) is 1.75. The van der Waals surface area contributed by atoms with Crippen molar-refractivity contribution < 1.29 is 4.79 Å². The number of hydrogen-bond donors (Lipinski definition) is 2. The van der Waals surface area contributed by atoms with Gasteiger partial charge in [0.25, 0.3) is 0 Å². The Morgan fingerprint density at radius 2 is 2.40 bits per heavy atom. The van der Waals surface area contributed by atoms with Crippen LogP contribution < -0.4 is 11.5 Å². The first-order valence-electron chi connectivity index (χ1n) is 3.47. The van der Waals surface area contributed by atoms with Crippen LogP contribution in [0, 0.1) is 0 Å². The van der Waals surface area contributed by atoms with Gasteiger partial charge in [0.2, 0.25) is 5.91 Å². The average molecular weight is 143 g/mol. The lowest BCUT2D eigenvalue weighted by Gasteiger charge is -2.13. The summed E-state index contributed by atoms with van der Waals surface area (Å²) < 4.78 is 0. The molecule has 4 nitrogen and oxygen atoms in total. The molecular weight excluding hydrogens is 130 g/mol. The molecule has 0 saturated carbocycles. The van der Waals surface area contributed by atoms with Crippen molar-refractivity contribution in [3.8, 4) is 0 Å². The third kappa shape index (κ3) is 1.46.